The molecule has 0 spiro atoms. The standard InChI is InChI=1S/C35H39FN2O6.Na.H/c1-22(2)38-30(17-16-28(40)18-29(41)19-31(42)43)32(26-12-14-27(36)15-13-26)33(25-6-4-3-5-7-25)34(38)35(44)37-20-23-8-10-24(21-39)11-9-23;;/h3-15,22,28-29,39-41H,16-21H2,1-2H3,(H,37,44)(H,42,43);;. The zero-order valence-corrected chi connectivity index (χ0v) is 24.9. The first kappa shape index (κ1) is 36.2. The summed E-state index contributed by atoms with van der Waals surface area (Å²) in [6.07, 6.45) is -2.24. The first-order chi connectivity index (χ1) is 21.1. The number of aliphatic hydroxyl groups excluding tert-OH is 3. The maximum absolute atomic E-state index is 14.1. The van der Waals surface area contributed by atoms with Gasteiger partial charge in [0, 0.05) is 29.4 Å². The molecule has 5 N–H and O–H groups in total. The summed E-state index contributed by atoms with van der Waals surface area (Å²) in [6, 6.07) is 22.7. The van der Waals surface area contributed by atoms with E-state index in [-0.39, 0.29) is 67.5 Å². The van der Waals surface area contributed by atoms with Gasteiger partial charge in [-0.15, -0.1) is 0 Å². The maximum atomic E-state index is 14.1. The second-order valence-corrected chi connectivity index (χ2v) is 11.2. The van der Waals surface area contributed by atoms with Crippen molar-refractivity contribution in [3.8, 4) is 22.3 Å². The predicted octanol–water partition coefficient (Wildman–Crippen LogP) is 4.84. The molecule has 0 saturated heterocycles. The van der Waals surface area contributed by atoms with Crippen molar-refractivity contribution in [3.63, 3.8) is 0 Å². The van der Waals surface area contributed by atoms with Gasteiger partial charge in [-0.1, -0.05) is 66.7 Å². The van der Waals surface area contributed by atoms with Crippen LogP contribution < -0.4 is 5.32 Å². The van der Waals surface area contributed by atoms with Crippen molar-refractivity contribution < 1.29 is 34.4 Å². The fourth-order valence-corrected chi connectivity index (χ4v) is 5.54. The summed E-state index contributed by atoms with van der Waals surface area (Å²) < 4.78 is 16.0. The normalized spacial score (nSPS) is 12.4. The Balaban J connectivity index is 0.00000552. The van der Waals surface area contributed by atoms with E-state index in [4.69, 9.17) is 5.11 Å². The summed E-state index contributed by atoms with van der Waals surface area (Å²) in [4.78, 5) is 25.1. The summed E-state index contributed by atoms with van der Waals surface area (Å²) in [7, 11) is 0. The van der Waals surface area contributed by atoms with Crippen LogP contribution in [0.5, 0.6) is 0 Å². The van der Waals surface area contributed by atoms with Crippen molar-refractivity contribution in [2.24, 2.45) is 0 Å². The fraction of sp³-hybridized carbons (Fsp3) is 0.314. The molecule has 234 valence electrons. The molecule has 45 heavy (non-hydrogen) atoms. The number of carboxylic acids is 1. The molecule has 8 nitrogen and oxygen atoms in total. The molecule has 4 aromatic rings. The minimum atomic E-state index is -1.19. The Hall–Kier alpha value is -3.31. The molecule has 0 bridgehead atoms. The number of nitrogens with zero attached hydrogens (tertiary/aromatic N) is 1. The van der Waals surface area contributed by atoms with E-state index < -0.39 is 30.4 Å². The number of hydrogen-bond acceptors (Lipinski definition) is 5. The van der Waals surface area contributed by atoms with Gasteiger partial charge in [0.1, 0.15) is 11.5 Å². The summed E-state index contributed by atoms with van der Waals surface area (Å²) in [5.74, 6) is -1.85. The Morgan fingerprint density at radius 1 is 0.844 bits per heavy atom. The summed E-state index contributed by atoms with van der Waals surface area (Å²) >= 11 is 0. The molecular weight excluding hydrogens is 586 g/mol. The van der Waals surface area contributed by atoms with Crippen LogP contribution in [0.25, 0.3) is 22.3 Å². The summed E-state index contributed by atoms with van der Waals surface area (Å²) in [5, 5.41) is 42.3. The first-order valence-corrected chi connectivity index (χ1v) is 14.7. The molecule has 2 unspecified atom stereocenters. The SMILES string of the molecule is CC(C)n1c(CCC(O)CC(O)CC(=O)O)c(-c2ccc(F)cc2)c(-c2ccccc2)c1C(=O)NCc1ccc(CO)cc1.[NaH]. The van der Waals surface area contributed by atoms with E-state index in [1.54, 1.807) is 24.3 Å². The van der Waals surface area contributed by atoms with Gasteiger partial charge in [0.05, 0.1) is 25.2 Å². The number of amides is 1. The molecule has 4 rings (SSSR count). The number of carbonyl (C=O) groups excluding carboxylic acids is 1. The van der Waals surface area contributed by atoms with E-state index in [9.17, 15) is 29.3 Å². The first-order valence-electron chi connectivity index (χ1n) is 14.7. The van der Waals surface area contributed by atoms with Crippen molar-refractivity contribution in [1.82, 2.24) is 9.88 Å². The van der Waals surface area contributed by atoms with E-state index in [0.29, 0.717) is 23.2 Å². The zero-order valence-electron chi connectivity index (χ0n) is 24.9. The summed E-state index contributed by atoms with van der Waals surface area (Å²) in [6.45, 7) is 4.11. The Labute approximate surface area is 284 Å². The van der Waals surface area contributed by atoms with Crippen LogP contribution in [-0.2, 0) is 24.4 Å². The van der Waals surface area contributed by atoms with Gasteiger partial charge in [0.25, 0.3) is 5.91 Å². The van der Waals surface area contributed by atoms with E-state index in [1.165, 1.54) is 12.1 Å². The van der Waals surface area contributed by atoms with Crippen LogP contribution in [0, 0.1) is 5.82 Å². The molecule has 0 fully saturated rings. The average molecular weight is 627 g/mol. The Kier molecular flexibility index (Phi) is 13.5. The van der Waals surface area contributed by atoms with Crippen molar-refractivity contribution in [3.05, 3.63) is 107 Å². The molecule has 1 amide bonds. The molecule has 0 radical (unpaired) electrons. The number of aliphatic carboxylic acids is 1. The van der Waals surface area contributed by atoms with E-state index in [0.717, 1.165) is 27.9 Å². The van der Waals surface area contributed by atoms with Crippen LogP contribution >= 0.6 is 0 Å². The second kappa shape index (κ2) is 16.8. The molecular formula is C35H40FN2NaO6. The van der Waals surface area contributed by atoms with Crippen LogP contribution in [0.1, 0.15) is 66.5 Å². The zero-order chi connectivity index (χ0) is 31.8. The Morgan fingerprint density at radius 2 is 1.44 bits per heavy atom. The van der Waals surface area contributed by atoms with E-state index in [1.807, 2.05) is 60.9 Å². The number of benzene rings is 3. The number of hydrogen-bond donors (Lipinski definition) is 5. The Bertz CT molecular complexity index is 1560. The summed E-state index contributed by atoms with van der Waals surface area (Å²) in [5.41, 5.74) is 5.72. The molecule has 10 heteroatoms. The van der Waals surface area contributed by atoms with Crippen molar-refractivity contribution in [2.75, 3.05) is 0 Å². The fourth-order valence-electron chi connectivity index (χ4n) is 5.54. The monoisotopic (exact) mass is 626 g/mol. The van der Waals surface area contributed by atoms with Crippen molar-refractivity contribution in [2.45, 2.75) is 70.9 Å². The number of carbonyl (C=O) groups is 2. The third-order valence-electron chi connectivity index (χ3n) is 7.56. The van der Waals surface area contributed by atoms with Gasteiger partial charge < -0.3 is 30.3 Å². The van der Waals surface area contributed by atoms with Crippen LogP contribution in [0.2, 0.25) is 0 Å². The van der Waals surface area contributed by atoms with Crippen molar-refractivity contribution in [1.29, 1.82) is 0 Å². The Morgan fingerprint density at radius 3 is 2.02 bits per heavy atom. The van der Waals surface area contributed by atoms with E-state index in [2.05, 4.69) is 5.32 Å². The third kappa shape index (κ3) is 9.36. The topological polar surface area (TPSA) is 132 Å². The number of nitrogens with one attached hydrogen (secondary N) is 1. The van der Waals surface area contributed by atoms with E-state index >= 15 is 0 Å². The van der Waals surface area contributed by atoms with Gasteiger partial charge in [0.2, 0.25) is 0 Å². The van der Waals surface area contributed by atoms with Gasteiger partial charge >= 0.3 is 35.5 Å². The van der Waals surface area contributed by atoms with Gasteiger partial charge in [0.15, 0.2) is 0 Å². The predicted molar refractivity (Wildman–Crippen MR) is 174 cm³/mol. The number of halogens is 1. The number of aliphatic hydroxyl groups is 3. The molecule has 0 saturated carbocycles. The molecule has 1 heterocycles. The average Bonchev–Trinajstić information content (AvgIpc) is 3.35. The van der Waals surface area contributed by atoms with Gasteiger partial charge in [-0.3, -0.25) is 9.59 Å². The van der Waals surface area contributed by atoms with Crippen LogP contribution in [0.3, 0.4) is 0 Å². The number of aromatic nitrogens is 1. The molecule has 2 atom stereocenters. The van der Waals surface area contributed by atoms with Crippen LogP contribution in [-0.4, -0.2) is 78.6 Å². The van der Waals surface area contributed by atoms with Gasteiger partial charge in [-0.05, 0) is 67.5 Å². The number of rotatable bonds is 14. The van der Waals surface area contributed by atoms with Crippen LogP contribution in [0.15, 0.2) is 78.9 Å². The molecule has 0 aliphatic heterocycles. The molecule has 3 aromatic carbocycles. The second-order valence-electron chi connectivity index (χ2n) is 11.2. The number of carboxylic acid groups (broad SMARTS) is 1. The molecule has 1 aromatic heterocycles. The van der Waals surface area contributed by atoms with Gasteiger partial charge in [-0.25, -0.2) is 4.39 Å². The third-order valence-corrected chi connectivity index (χ3v) is 7.56. The van der Waals surface area contributed by atoms with Crippen molar-refractivity contribution >= 4 is 41.4 Å². The van der Waals surface area contributed by atoms with Crippen LogP contribution in [0.4, 0.5) is 4.39 Å². The minimum absolute atomic E-state index is 0. The van der Waals surface area contributed by atoms with Gasteiger partial charge in [-0.2, -0.15) is 0 Å². The quantitative estimate of drug-likeness (QED) is 0.127. The molecule has 0 aliphatic carbocycles. The molecule has 0 aliphatic rings.